The Morgan fingerprint density at radius 3 is 2.30 bits per heavy atom. The Labute approximate surface area is 58.5 Å². The number of Topliss-reactive ketones (excluding diaryl/α,β-unsaturated/α-hetero) is 1. The number of carbonyl (C=O) groups is 2. The summed E-state index contributed by atoms with van der Waals surface area (Å²) in [7, 11) is 0. The molecule has 0 aliphatic heterocycles. The number of carbonyl (C=O) groups excluding carboxylic acids is 2. The average Bonchev–Trinajstić information content (AvgIpc) is 1.58. The lowest BCUT2D eigenvalue weighted by atomic mass is 10.1. The zero-order valence-corrected chi connectivity index (χ0v) is 5.66. The molecule has 0 saturated carbocycles. The molecule has 4 heteroatoms. The molecule has 0 bridgehead atoms. The van der Waals surface area contributed by atoms with Crippen molar-refractivity contribution >= 4 is 11.8 Å². The summed E-state index contributed by atoms with van der Waals surface area (Å²) in [5, 5.41) is 18.6. The van der Waals surface area contributed by atoms with Crippen LogP contribution >= 0.6 is 0 Å². The van der Waals surface area contributed by atoms with Gasteiger partial charge in [-0.2, -0.15) is 0 Å². The summed E-state index contributed by atoms with van der Waals surface area (Å²) in [5.41, 5.74) is 0. The van der Waals surface area contributed by atoms with Crippen molar-refractivity contribution in [1.29, 1.82) is 0 Å². The van der Waals surface area contributed by atoms with E-state index in [1.54, 1.807) is 0 Å². The molecule has 1 atom stereocenters. The zero-order valence-electron chi connectivity index (χ0n) is 5.66. The summed E-state index contributed by atoms with van der Waals surface area (Å²) in [5.74, 6) is -1.57. The van der Waals surface area contributed by atoms with Gasteiger partial charge in [0.2, 0.25) is 0 Å². The quantitative estimate of drug-likeness (QED) is 0.520. The minimum Gasteiger partial charge on any atom is -0.550 e. The van der Waals surface area contributed by atoms with Crippen LogP contribution in [0, 0.1) is 0 Å². The Balaban J connectivity index is 3.53. The third-order valence-electron chi connectivity index (χ3n) is 0.925. The molecule has 4 nitrogen and oxygen atoms in total. The number of hydrogen-bond donors (Lipinski definition) is 1. The molecule has 58 valence electrons. The third-order valence-corrected chi connectivity index (χ3v) is 0.925. The second-order valence-corrected chi connectivity index (χ2v) is 2.14. The fourth-order valence-corrected chi connectivity index (χ4v) is 0.596. The van der Waals surface area contributed by atoms with Crippen LogP contribution in [-0.4, -0.2) is 23.0 Å². The van der Waals surface area contributed by atoms with Crippen LogP contribution in [0.15, 0.2) is 0 Å². The lowest BCUT2D eigenvalue weighted by Gasteiger charge is -2.07. The van der Waals surface area contributed by atoms with Gasteiger partial charge in [0.15, 0.2) is 0 Å². The predicted molar refractivity (Wildman–Crippen MR) is 30.9 cm³/mol. The van der Waals surface area contributed by atoms with Crippen molar-refractivity contribution in [2.24, 2.45) is 0 Å². The van der Waals surface area contributed by atoms with Crippen LogP contribution < -0.4 is 5.11 Å². The first kappa shape index (κ1) is 9.10. The number of rotatable bonds is 4. The van der Waals surface area contributed by atoms with Crippen molar-refractivity contribution in [3.8, 4) is 0 Å². The van der Waals surface area contributed by atoms with Gasteiger partial charge in [0.05, 0.1) is 6.10 Å². The topological polar surface area (TPSA) is 77.4 Å². The first-order valence-electron chi connectivity index (χ1n) is 2.89. The van der Waals surface area contributed by atoms with Crippen molar-refractivity contribution in [2.45, 2.75) is 25.9 Å². The second-order valence-electron chi connectivity index (χ2n) is 2.14. The highest BCUT2D eigenvalue weighted by atomic mass is 16.4. The Morgan fingerprint density at radius 1 is 1.50 bits per heavy atom. The van der Waals surface area contributed by atoms with E-state index in [9.17, 15) is 14.7 Å². The largest absolute Gasteiger partial charge is 0.550 e. The molecule has 1 N–H and O–H groups in total. The van der Waals surface area contributed by atoms with E-state index >= 15 is 0 Å². The summed E-state index contributed by atoms with van der Waals surface area (Å²) in [6.07, 6.45) is -1.68. The molecule has 0 heterocycles. The van der Waals surface area contributed by atoms with Gasteiger partial charge < -0.3 is 15.0 Å². The fraction of sp³-hybridized carbons (Fsp3) is 0.667. The first-order valence-corrected chi connectivity index (χ1v) is 2.89. The van der Waals surface area contributed by atoms with Crippen LogP contribution in [0.3, 0.4) is 0 Å². The Hall–Kier alpha value is -0.900. The van der Waals surface area contributed by atoms with Crippen LogP contribution in [0.1, 0.15) is 19.8 Å². The Morgan fingerprint density at radius 2 is 2.00 bits per heavy atom. The zero-order chi connectivity index (χ0) is 8.15. The van der Waals surface area contributed by atoms with Crippen LogP contribution in [0.4, 0.5) is 0 Å². The van der Waals surface area contributed by atoms with Gasteiger partial charge in [-0.25, -0.2) is 0 Å². The predicted octanol–water partition coefficient (Wildman–Crippen LogP) is -1.53. The molecule has 10 heavy (non-hydrogen) atoms. The summed E-state index contributed by atoms with van der Waals surface area (Å²) < 4.78 is 0. The molecule has 0 aliphatic carbocycles. The molecule has 0 radical (unpaired) electrons. The highest BCUT2D eigenvalue weighted by molar-refractivity contribution is 5.76. The number of hydrogen-bond acceptors (Lipinski definition) is 4. The summed E-state index contributed by atoms with van der Waals surface area (Å²) >= 11 is 0. The third kappa shape index (κ3) is 5.24. The van der Waals surface area contributed by atoms with Gasteiger partial charge in [-0.3, -0.25) is 4.79 Å². The van der Waals surface area contributed by atoms with Gasteiger partial charge in [0.1, 0.15) is 5.78 Å². The van der Waals surface area contributed by atoms with Crippen molar-refractivity contribution in [1.82, 2.24) is 0 Å². The van der Waals surface area contributed by atoms with Gasteiger partial charge in [-0.15, -0.1) is 0 Å². The highest BCUT2D eigenvalue weighted by Crippen LogP contribution is 1.96. The second kappa shape index (κ2) is 4.00. The van der Waals surface area contributed by atoms with Crippen molar-refractivity contribution in [3.63, 3.8) is 0 Å². The normalized spacial score (nSPS) is 12.6. The number of carboxylic acids is 1. The smallest absolute Gasteiger partial charge is 0.132 e. The van der Waals surface area contributed by atoms with E-state index in [-0.39, 0.29) is 12.2 Å². The van der Waals surface area contributed by atoms with Gasteiger partial charge in [-0.1, -0.05) is 0 Å². The molecule has 0 saturated heterocycles. The van der Waals surface area contributed by atoms with Crippen molar-refractivity contribution < 1.29 is 19.8 Å². The molecule has 0 fully saturated rings. The van der Waals surface area contributed by atoms with E-state index in [1.807, 2.05) is 0 Å². The first-order chi connectivity index (χ1) is 4.52. The van der Waals surface area contributed by atoms with Crippen LogP contribution in [-0.2, 0) is 9.59 Å². The van der Waals surface area contributed by atoms with Crippen LogP contribution in [0.25, 0.3) is 0 Å². The van der Waals surface area contributed by atoms with Crippen LogP contribution in [0.5, 0.6) is 0 Å². The maximum absolute atomic E-state index is 10.3. The fourth-order valence-electron chi connectivity index (χ4n) is 0.596. The highest BCUT2D eigenvalue weighted by Gasteiger charge is 2.06. The molecule has 0 aliphatic rings. The molecular formula is C6H9O4-. The van der Waals surface area contributed by atoms with Gasteiger partial charge in [0, 0.05) is 18.8 Å². The maximum atomic E-state index is 10.3. The Bertz CT molecular complexity index is 125. The average molecular weight is 145 g/mol. The van der Waals surface area contributed by atoms with Crippen molar-refractivity contribution in [2.75, 3.05) is 0 Å². The molecule has 0 aromatic rings. The number of carboxylic acid groups (broad SMARTS) is 1. The molecule has 0 aromatic heterocycles. The van der Waals surface area contributed by atoms with E-state index in [1.165, 1.54) is 6.92 Å². The Kier molecular flexibility index (Phi) is 3.64. The van der Waals surface area contributed by atoms with Gasteiger partial charge in [0.25, 0.3) is 0 Å². The molecule has 0 spiro atoms. The number of ketones is 1. The van der Waals surface area contributed by atoms with Crippen LogP contribution in [0.2, 0.25) is 0 Å². The lowest BCUT2D eigenvalue weighted by Crippen LogP contribution is -2.28. The molecular weight excluding hydrogens is 136 g/mol. The van der Waals surface area contributed by atoms with E-state index < -0.39 is 18.5 Å². The summed E-state index contributed by atoms with van der Waals surface area (Å²) in [4.78, 5) is 20.1. The lowest BCUT2D eigenvalue weighted by molar-refractivity contribution is -0.307. The van der Waals surface area contributed by atoms with E-state index in [0.717, 1.165) is 0 Å². The van der Waals surface area contributed by atoms with Gasteiger partial charge in [-0.05, 0) is 6.92 Å². The maximum Gasteiger partial charge on any atom is 0.132 e. The number of aliphatic hydroxyl groups is 1. The number of aliphatic carboxylic acids is 1. The van der Waals surface area contributed by atoms with Gasteiger partial charge >= 0.3 is 0 Å². The molecule has 0 aromatic carbocycles. The summed E-state index contributed by atoms with van der Waals surface area (Å²) in [6.45, 7) is 1.29. The van der Waals surface area contributed by atoms with E-state index in [0.29, 0.717) is 0 Å². The van der Waals surface area contributed by atoms with E-state index in [4.69, 9.17) is 5.11 Å². The number of aliphatic hydroxyl groups excluding tert-OH is 1. The molecule has 0 rings (SSSR count). The molecule has 0 amide bonds. The minimum atomic E-state index is -1.34. The van der Waals surface area contributed by atoms with Crippen molar-refractivity contribution in [3.05, 3.63) is 0 Å². The van der Waals surface area contributed by atoms with E-state index in [2.05, 4.69) is 0 Å². The minimum absolute atomic E-state index is 0.117. The summed E-state index contributed by atoms with van der Waals surface area (Å²) in [6, 6.07) is 0. The molecule has 0 unspecified atom stereocenters. The standard InChI is InChI=1S/C6H10O4/c1-4(7)2-5(8)3-6(9)10/h5,8H,2-3H2,1H3,(H,9,10)/p-1/t5-/m0/s1. The monoisotopic (exact) mass is 145 g/mol. The SMILES string of the molecule is CC(=O)C[C@H](O)CC(=O)[O-].